The van der Waals surface area contributed by atoms with Gasteiger partial charge in [0, 0.05) is 36.8 Å². The number of piperazine rings is 1. The van der Waals surface area contributed by atoms with Crippen LogP contribution in [-0.4, -0.2) is 60.7 Å². The standard InChI is InChI=1S/C24H25Cl2N3O4/c1-3-9-33-19-7-6-18(25)23(26)22(19)16-10-17-13-28(14-21(30)29(17)12-16)20-8-5-15(11-27-20)24(31)32-4-2/h3,5-8,11,16-17H,1,4,9-10,12-14H2,2H3/t16-,17-/m0/s1. The van der Waals surface area contributed by atoms with Gasteiger partial charge >= 0.3 is 5.97 Å². The number of ether oxygens (including phenoxy) is 2. The Bertz CT molecular complexity index is 1060. The Morgan fingerprint density at radius 1 is 1.27 bits per heavy atom. The minimum Gasteiger partial charge on any atom is -0.489 e. The number of fused-ring (bicyclic) bond motifs is 1. The number of carbonyl (C=O) groups is 2. The van der Waals surface area contributed by atoms with Crippen molar-refractivity contribution in [1.82, 2.24) is 9.88 Å². The molecule has 2 aliphatic heterocycles. The minimum atomic E-state index is -0.413. The maximum absolute atomic E-state index is 13.0. The highest BCUT2D eigenvalue weighted by atomic mass is 35.5. The summed E-state index contributed by atoms with van der Waals surface area (Å²) in [7, 11) is 0. The van der Waals surface area contributed by atoms with Crippen LogP contribution in [0, 0.1) is 0 Å². The molecule has 0 aliphatic carbocycles. The second-order valence-corrected chi connectivity index (χ2v) is 8.80. The molecule has 33 heavy (non-hydrogen) atoms. The Labute approximate surface area is 202 Å². The SMILES string of the molecule is C=CCOc1ccc(Cl)c(Cl)c1[C@H]1C[C@H]2CN(c3ccc(C(=O)OCC)cn3)CC(=O)N2C1. The Morgan fingerprint density at radius 2 is 2.09 bits per heavy atom. The molecule has 1 aromatic heterocycles. The van der Waals surface area contributed by atoms with E-state index in [1.54, 1.807) is 31.2 Å². The summed E-state index contributed by atoms with van der Waals surface area (Å²) in [6.45, 7) is 7.52. The number of carbonyl (C=O) groups excluding carboxylic acids is 2. The quantitative estimate of drug-likeness (QED) is 0.425. The first-order valence-corrected chi connectivity index (χ1v) is 11.6. The van der Waals surface area contributed by atoms with E-state index in [1.807, 2.05) is 15.9 Å². The molecule has 4 rings (SSSR count). The fraction of sp³-hybridized carbons (Fsp3) is 0.375. The molecular weight excluding hydrogens is 465 g/mol. The third-order valence-electron chi connectivity index (χ3n) is 5.93. The van der Waals surface area contributed by atoms with Gasteiger partial charge in [-0.15, -0.1) is 0 Å². The van der Waals surface area contributed by atoms with Crippen molar-refractivity contribution in [2.24, 2.45) is 0 Å². The monoisotopic (exact) mass is 489 g/mol. The van der Waals surface area contributed by atoms with E-state index < -0.39 is 5.97 Å². The van der Waals surface area contributed by atoms with Crippen LogP contribution < -0.4 is 9.64 Å². The lowest BCUT2D eigenvalue weighted by Gasteiger charge is -2.37. The number of amides is 1. The number of pyridine rings is 1. The topological polar surface area (TPSA) is 72.0 Å². The Morgan fingerprint density at radius 3 is 2.79 bits per heavy atom. The van der Waals surface area contributed by atoms with Crippen LogP contribution in [-0.2, 0) is 9.53 Å². The lowest BCUT2D eigenvalue weighted by molar-refractivity contribution is -0.132. The number of aromatic nitrogens is 1. The van der Waals surface area contributed by atoms with Crippen molar-refractivity contribution in [1.29, 1.82) is 0 Å². The molecule has 2 saturated heterocycles. The number of halogens is 2. The van der Waals surface area contributed by atoms with Gasteiger partial charge in [-0.3, -0.25) is 4.79 Å². The fourth-order valence-electron chi connectivity index (χ4n) is 4.46. The first-order chi connectivity index (χ1) is 15.9. The summed E-state index contributed by atoms with van der Waals surface area (Å²) in [5, 5.41) is 0.921. The second kappa shape index (κ2) is 10.0. The molecule has 0 unspecified atom stereocenters. The summed E-state index contributed by atoms with van der Waals surface area (Å²) in [4.78, 5) is 33.1. The molecule has 2 aromatic rings. The number of esters is 1. The molecule has 174 valence electrons. The lowest BCUT2D eigenvalue weighted by Crippen LogP contribution is -2.54. The van der Waals surface area contributed by atoms with Gasteiger partial charge in [-0.1, -0.05) is 35.9 Å². The van der Waals surface area contributed by atoms with Gasteiger partial charge < -0.3 is 19.3 Å². The van der Waals surface area contributed by atoms with E-state index >= 15 is 0 Å². The summed E-state index contributed by atoms with van der Waals surface area (Å²) < 4.78 is 10.8. The maximum Gasteiger partial charge on any atom is 0.339 e. The number of nitrogens with zero attached hydrogens (tertiary/aromatic N) is 3. The molecule has 0 radical (unpaired) electrons. The number of hydrogen-bond donors (Lipinski definition) is 0. The van der Waals surface area contributed by atoms with Crippen molar-refractivity contribution in [2.45, 2.75) is 25.3 Å². The zero-order valence-corrected chi connectivity index (χ0v) is 19.8. The van der Waals surface area contributed by atoms with E-state index in [1.165, 1.54) is 6.20 Å². The Hall–Kier alpha value is -2.77. The zero-order valence-electron chi connectivity index (χ0n) is 18.3. The van der Waals surface area contributed by atoms with E-state index in [-0.39, 0.29) is 24.4 Å². The van der Waals surface area contributed by atoms with Crippen LogP contribution in [0.25, 0.3) is 0 Å². The molecule has 0 spiro atoms. The summed E-state index contributed by atoms with van der Waals surface area (Å²) in [6.07, 6.45) is 3.89. The van der Waals surface area contributed by atoms with Crippen LogP contribution in [0.2, 0.25) is 10.0 Å². The highest BCUT2D eigenvalue weighted by molar-refractivity contribution is 6.42. The van der Waals surface area contributed by atoms with Crippen molar-refractivity contribution in [3.8, 4) is 5.75 Å². The molecule has 1 amide bonds. The third kappa shape index (κ3) is 4.80. The summed E-state index contributed by atoms with van der Waals surface area (Å²) in [6, 6.07) is 6.95. The number of anilines is 1. The predicted octanol–water partition coefficient (Wildman–Crippen LogP) is 4.33. The number of hydrogen-bond acceptors (Lipinski definition) is 6. The smallest absolute Gasteiger partial charge is 0.339 e. The summed E-state index contributed by atoms with van der Waals surface area (Å²) in [5.74, 6) is 0.926. The second-order valence-electron chi connectivity index (χ2n) is 8.01. The van der Waals surface area contributed by atoms with Crippen LogP contribution in [0.3, 0.4) is 0 Å². The van der Waals surface area contributed by atoms with E-state index in [0.717, 1.165) is 12.0 Å². The largest absolute Gasteiger partial charge is 0.489 e. The molecule has 0 N–H and O–H groups in total. The Kier molecular flexibility index (Phi) is 7.10. The molecule has 2 aliphatic rings. The molecule has 0 bridgehead atoms. The normalized spacial score (nSPS) is 19.9. The average Bonchev–Trinajstić information content (AvgIpc) is 3.24. The lowest BCUT2D eigenvalue weighted by atomic mass is 9.95. The van der Waals surface area contributed by atoms with Gasteiger partial charge in [-0.25, -0.2) is 9.78 Å². The van der Waals surface area contributed by atoms with Crippen LogP contribution in [0.4, 0.5) is 5.82 Å². The first kappa shape index (κ1) is 23.4. The van der Waals surface area contributed by atoms with Gasteiger partial charge in [0.25, 0.3) is 0 Å². The zero-order chi connectivity index (χ0) is 23.5. The number of benzene rings is 1. The maximum atomic E-state index is 13.0. The van der Waals surface area contributed by atoms with Crippen LogP contribution >= 0.6 is 23.2 Å². The van der Waals surface area contributed by atoms with E-state index in [2.05, 4.69) is 11.6 Å². The van der Waals surface area contributed by atoms with E-state index in [4.69, 9.17) is 32.7 Å². The molecular formula is C24H25Cl2N3O4. The molecule has 1 aromatic carbocycles. The van der Waals surface area contributed by atoms with Crippen LogP contribution in [0.15, 0.2) is 43.1 Å². The van der Waals surface area contributed by atoms with Crippen molar-refractivity contribution >= 4 is 40.9 Å². The number of rotatable bonds is 7. The molecule has 3 heterocycles. The fourth-order valence-corrected chi connectivity index (χ4v) is 4.94. The van der Waals surface area contributed by atoms with Gasteiger partial charge in [0.05, 0.1) is 28.8 Å². The van der Waals surface area contributed by atoms with Crippen molar-refractivity contribution in [3.05, 3.63) is 64.3 Å². The molecule has 9 heteroatoms. The third-order valence-corrected chi connectivity index (χ3v) is 6.75. The summed E-state index contributed by atoms with van der Waals surface area (Å²) >= 11 is 12.9. The molecule has 7 nitrogen and oxygen atoms in total. The first-order valence-electron chi connectivity index (χ1n) is 10.8. The molecule has 0 saturated carbocycles. The molecule has 2 atom stereocenters. The van der Waals surface area contributed by atoms with Crippen molar-refractivity contribution in [3.63, 3.8) is 0 Å². The highest BCUT2D eigenvalue weighted by Crippen LogP contribution is 2.44. The van der Waals surface area contributed by atoms with Gasteiger partial charge in [0.15, 0.2) is 0 Å². The highest BCUT2D eigenvalue weighted by Gasteiger charge is 2.42. The Balaban J connectivity index is 1.52. The van der Waals surface area contributed by atoms with Gasteiger partial charge in [0.1, 0.15) is 18.2 Å². The van der Waals surface area contributed by atoms with Gasteiger partial charge in [-0.05, 0) is 37.6 Å². The molecule has 2 fully saturated rings. The van der Waals surface area contributed by atoms with E-state index in [9.17, 15) is 9.59 Å². The van der Waals surface area contributed by atoms with Gasteiger partial charge in [-0.2, -0.15) is 0 Å². The van der Waals surface area contributed by atoms with Crippen molar-refractivity contribution < 1.29 is 19.1 Å². The summed E-state index contributed by atoms with van der Waals surface area (Å²) in [5.41, 5.74) is 1.21. The van der Waals surface area contributed by atoms with Crippen LogP contribution in [0.1, 0.15) is 35.2 Å². The van der Waals surface area contributed by atoms with Crippen molar-refractivity contribution in [2.75, 3.05) is 37.7 Å². The average molecular weight is 490 g/mol. The van der Waals surface area contributed by atoms with E-state index in [0.29, 0.717) is 53.5 Å². The van der Waals surface area contributed by atoms with Gasteiger partial charge in [0.2, 0.25) is 5.91 Å². The minimum absolute atomic E-state index is 0.00376. The van der Waals surface area contributed by atoms with Crippen LogP contribution in [0.5, 0.6) is 5.75 Å². The predicted molar refractivity (Wildman–Crippen MR) is 127 cm³/mol.